The summed E-state index contributed by atoms with van der Waals surface area (Å²) in [6, 6.07) is 0. The van der Waals surface area contributed by atoms with Gasteiger partial charge in [-0.25, -0.2) is 9.59 Å². The number of rotatable bonds is 4. The molecule has 0 atom stereocenters. The minimum absolute atomic E-state index is 0.299. The average molecular weight is 273 g/mol. The Morgan fingerprint density at radius 2 is 1.58 bits per heavy atom. The van der Waals surface area contributed by atoms with E-state index in [1.54, 1.807) is 6.92 Å². The van der Waals surface area contributed by atoms with Gasteiger partial charge < -0.3 is 14.7 Å². The molecule has 0 fully saturated rings. The maximum absolute atomic E-state index is 10.2. The van der Waals surface area contributed by atoms with Gasteiger partial charge in [0, 0.05) is 11.1 Å². The Bertz CT molecular complexity index is 293. The second kappa shape index (κ2) is 14.4. The summed E-state index contributed by atoms with van der Waals surface area (Å²) in [5.74, 6) is -1.23. The van der Waals surface area contributed by atoms with Crippen LogP contribution in [0.5, 0.6) is 0 Å². The molecular formula is C14H27NO4. The van der Waals surface area contributed by atoms with Crippen molar-refractivity contribution in [1.29, 1.82) is 0 Å². The first-order valence-corrected chi connectivity index (χ1v) is 5.85. The fraction of sp³-hybridized carbons (Fsp3) is 0.571. The Balaban J connectivity index is -0.000000214. The summed E-state index contributed by atoms with van der Waals surface area (Å²) in [6.07, 6.45) is 1.44. The lowest BCUT2D eigenvalue weighted by molar-refractivity contribution is -0.136. The van der Waals surface area contributed by atoms with Gasteiger partial charge in [-0.2, -0.15) is 0 Å². The number of hydrogen-bond acceptors (Lipinski definition) is 4. The normalized spacial score (nSPS) is 8.37. The maximum atomic E-state index is 10.2. The van der Waals surface area contributed by atoms with Crippen LogP contribution in [0.3, 0.4) is 0 Å². The van der Waals surface area contributed by atoms with Crippen molar-refractivity contribution in [2.24, 2.45) is 0 Å². The van der Waals surface area contributed by atoms with Crippen molar-refractivity contribution in [2.75, 3.05) is 28.3 Å². The molecule has 0 aromatic carbocycles. The van der Waals surface area contributed by atoms with Crippen LogP contribution in [0, 0.1) is 0 Å². The molecule has 0 saturated heterocycles. The predicted octanol–water partition coefficient (Wildman–Crippen LogP) is 2.34. The van der Waals surface area contributed by atoms with E-state index in [2.05, 4.69) is 17.9 Å². The number of nitrogens with zero attached hydrogens (tertiary/aromatic N) is 1. The minimum Gasteiger partial charge on any atom is -0.478 e. The summed E-state index contributed by atoms with van der Waals surface area (Å²) in [5, 5.41) is 8.21. The lowest BCUT2D eigenvalue weighted by Gasteiger charge is -1.92. The van der Waals surface area contributed by atoms with Crippen molar-refractivity contribution in [3.05, 3.63) is 24.3 Å². The third kappa shape index (κ3) is 26.2. The number of carboxylic acids is 1. The van der Waals surface area contributed by atoms with Crippen LogP contribution in [-0.2, 0) is 14.3 Å². The average Bonchev–Trinajstić information content (AvgIpc) is 2.28. The monoisotopic (exact) mass is 273 g/mol. The van der Waals surface area contributed by atoms with Crippen LogP contribution in [0.2, 0.25) is 0 Å². The molecule has 19 heavy (non-hydrogen) atoms. The highest BCUT2D eigenvalue weighted by Crippen LogP contribution is 1.99. The Kier molecular flexibility index (Phi) is 17.1. The Morgan fingerprint density at radius 1 is 1.21 bits per heavy atom. The Hall–Kier alpha value is -1.62. The highest BCUT2D eigenvalue weighted by atomic mass is 16.5. The van der Waals surface area contributed by atoms with Gasteiger partial charge in [0.15, 0.2) is 0 Å². The SMILES string of the molecule is C=C(C)C(=O)OC.C=C(CCC)C(=O)O.CN(C)C. The first kappa shape index (κ1) is 22.6. The molecule has 0 spiro atoms. The molecule has 0 aromatic heterocycles. The van der Waals surface area contributed by atoms with Crippen LogP contribution < -0.4 is 0 Å². The van der Waals surface area contributed by atoms with Gasteiger partial charge in [0.2, 0.25) is 0 Å². The molecule has 0 aliphatic carbocycles. The second-order valence-corrected chi connectivity index (χ2v) is 4.27. The van der Waals surface area contributed by atoms with Crippen molar-refractivity contribution >= 4 is 11.9 Å². The minimum atomic E-state index is -0.883. The molecule has 0 aliphatic heterocycles. The number of aliphatic carboxylic acids is 1. The van der Waals surface area contributed by atoms with Gasteiger partial charge in [-0.05, 0) is 34.5 Å². The molecule has 0 saturated carbocycles. The van der Waals surface area contributed by atoms with E-state index in [9.17, 15) is 9.59 Å². The zero-order valence-electron chi connectivity index (χ0n) is 12.9. The molecule has 1 N–H and O–H groups in total. The smallest absolute Gasteiger partial charge is 0.332 e. The number of hydrogen-bond donors (Lipinski definition) is 1. The number of esters is 1. The van der Waals surface area contributed by atoms with E-state index < -0.39 is 5.97 Å². The molecule has 112 valence electrons. The molecule has 0 aromatic rings. The number of ether oxygens (including phenoxy) is 1. The summed E-state index contributed by atoms with van der Waals surface area (Å²) in [7, 11) is 7.33. The van der Waals surface area contributed by atoms with Gasteiger partial charge in [0.1, 0.15) is 0 Å². The number of carbonyl (C=O) groups is 2. The van der Waals surface area contributed by atoms with E-state index in [1.807, 2.05) is 33.0 Å². The van der Waals surface area contributed by atoms with Gasteiger partial charge in [-0.3, -0.25) is 0 Å². The van der Waals surface area contributed by atoms with Crippen molar-refractivity contribution in [3.63, 3.8) is 0 Å². The van der Waals surface area contributed by atoms with E-state index in [0.717, 1.165) is 6.42 Å². The molecule has 0 aliphatic rings. The van der Waals surface area contributed by atoms with E-state index in [-0.39, 0.29) is 5.97 Å². The van der Waals surface area contributed by atoms with Crippen LogP contribution in [0.1, 0.15) is 26.7 Å². The summed E-state index contributed by atoms with van der Waals surface area (Å²) < 4.78 is 4.27. The topological polar surface area (TPSA) is 66.8 Å². The standard InChI is InChI=1S/C6H10O2.C5H8O2.C3H9N/c1-3-4-5(2)6(7)8;1-4(2)5(6)7-3;1-4(2)3/h2-4H2,1H3,(H,7,8);1H2,2-3H3;1-3H3. The zero-order valence-corrected chi connectivity index (χ0v) is 12.9. The van der Waals surface area contributed by atoms with Crippen molar-refractivity contribution < 1.29 is 19.4 Å². The zero-order chi connectivity index (χ0) is 16.0. The molecule has 0 bridgehead atoms. The van der Waals surface area contributed by atoms with E-state index >= 15 is 0 Å². The third-order valence-electron chi connectivity index (χ3n) is 1.39. The van der Waals surface area contributed by atoms with Crippen molar-refractivity contribution in [2.45, 2.75) is 26.7 Å². The molecular weight excluding hydrogens is 246 g/mol. The first-order chi connectivity index (χ1) is 8.59. The van der Waals surface area contributed by atoms with Crippen molar-refractivity contribution in [3.8, 4) is 0 Å². The second-order valence-electron chi connectivity index (χ2n) is 4.27. The fourth-order valence-corrected chi connectivity index (χ4v) is 0.583. The van der Waals surface area contributed by atoms with Gasteiger partial charge in [-0.1, -0.05) is 26.5 Å². The summed E-state index contributed by atoms with van der Waals surface area (Å²) in [4.78, 5) is 22.2. The highest BCUT2D eigenvalue weighted by Gasteiger charge is 1.99. The molecule has 0 unspecified atom stereocenters. The summed E-state index contributed by atoms with van der Waals surface area (Å²) in [6.45, 7) is 10.2. The number of methoxy groups -OCH3 is 1. The fourth-order valence-electron chi connectivity index (χ4n) is 0.583. The van der Waals surface area contributed by atoms with Gasteiger partial charge in [0.05, 0.1) is 7.11 Å². The predicted molar refractivity (Wildman–Crippen MR) is 78.1 cm³/mol. The molecule has 5 heteroatoms. The van der Waals surface area contributed by atoms with E-state index in [0.29, 0.717) is 17.6 Å². The summed E-state index contributed by atoms with van der Waals surface area (Å²) in [5.41, 5.74) is 0.731. The first-order valence-electron chi connectivity index (χ1n) is 5.85. The largest absolute Gasteiger partial charge is 0.478 e. The Morgan fingerprint density at radius 3 is 1.63 bits per heavy atom. The van der Waals surface area contributed by atoms with Gasteiger partial charge in [-0.15, -0.1) is 0 Å². The lowest BCUT2D eigenvalue weighted by atomic mass is 10.2. The summed E-state index contributed by atoms with van der Waals surface area (Å²) >= 11 is 0. The van der Waals surface area contributed by atoms with Crippen molar-refractivity contribution in [1.82, 2.24) is 4.90 Å². The molecule has 0 rings (SSSR count). The highest BCUT2D eigenvalue weighted by molar-refractivity contribution is 5.86. The van der Waals surface area contributed by atoms with Crippen LogP contribution in [0.25, 0.3) is 0 Å². The molecule has 0 heterocycles. The van der Waals surface area contributed by atoms with Gasteiger partial charge >= 0.3 is 11.9 Å². The van der Waals surface area contributed by atoms with Crippen LogP contribution in [-0.4, -0.2) is 50.2 Å². The molecule has 5 nitrogen and oxygen atoms in total. The quantitative estimate of drug-likeness (QED) is 0.629. The number of carboxylic acid groups (broad SMARTS) is 1. The third-order valence-corrected chi connectivity index (χ3v) is 1.39. The van der Waals surface area contributed by atoms with Crippen LogP contribution in [0.15, 0.2) is 24.3 Å². The molecule has 0 amide bonds. The van der Waals surface area contributed by atoms with E-state index in [1.165, 1.54) is 7.11 Å². The van der Waals surface area contributed by atoms with Gasteiger partial charge in [0.25, 0.3) is 0 Å². The van der Waals surface area contributed by atoms with Crippen LogP contribution >= 0.6 is 0 Å². The maximum Gasteiger partial charge on any atom is 0.332 e. The lowest BCUT2D eigenvalue weighted by Crippen LogP contribution is -1.99. The van der Waals surface area contributed by atoms with E-state index in [4.69, 9.17) is 5.11 Å². The number of carbonyl (C=O) groups excluding carboxylic acids is 1. The Labute approximate surface area is 116 Å². The molecule has 0 radical (unpaired) electrons. The van der Waals surface area contributed by atoms with Crippen LogP contribution in [0.4, 0.5) is 0 Å².